The van der Waals surface area contributed by atoms with Crippen molar-refractivity contribution in [3.8, 4) is 0 Å². The van der Waals surface area contributed by atoms with Crippen molar-refractivity contribution in [3.63, 3.8) is 0 Å². The number of imidazole rings is 1. The number of nitrogens with zero attached hydrogens (tertiary/aromatic N) is 5. The van der Waals surface area contributed by atoms with Crippen LogP contribution in [0.5, 0.6) is 0 Å². The Labute approximate surface area is 164 Å². The minimum atomic E-state index is -0.275. The fourth-order valence-electron chi connectivity index (χ4n) is 3.97. The van der Waals surface area contributed by atoms with Gasteiger partial charge in [-0.1, -0.05) is 30.3 Å². The van der Waals surface area contributed by atoms with Gasteiger partial charge in [-0.2, -0.15) is 0 Å². The van der Waals surface area contributed by atoms with Crippen molar-refractivity contribution < 1.29 is 9.59 Å². The van der Waals surface area contributed by atoms with Gasteiger partial charge in [0.2, 0.25) is 5.91 Å². The monoisotopic (exact) mass is 382 g/mol. The van der Waals surface area contributed by atoms with Gasteiger partial charge >= 0.3 is 6.03 Å². The van der Waals surface area contributed by atoms with Crippen LogP contribution in [0.2, 0.25) is 0 Å². The molecule has 2 aromatic rings. The van der Waals surface area contributed by atoms with Gasteiger partial charge in [-0.3, -0.25) is 19.5 Å². The summed E-state index contributed by atoms with van der Waals surface area (Å²) in [5, 5.41) is 2.68. The first-order valence-corrected chi connectivity index (χ1v) is 9.70. The van der Waals surface area contributed by atoms with Crippen molar-refractivity contribution in [2.75, 3.05) is 45.8 Å². The Hall–Kier alpha value is -2.71. The van der Waals surface area contributed by atoms with E-state index in [9.17, 15) is 9.59 Å². The van der Waals surface area contributed by atoms with E-state index in [-0.39, 0.29) is 18.0 Å². The molecule has 0 aliphatic carbocycles. The molecule has 1 unspecified atom stereocenters. The molecule has 2 fully saturated rings. The number of aryl methyl sites for hydroxylation is 1. The predicted molar refractivity (Wildman–Crippen MR) is 105 cm³/mol. The van der Waals surface area contributed by atoms with E-state index in [2.05, 4.69) is 48.9 Å². The van der Waals surface area contributed by atoms with Crippen molar-refractivity contribution in [2.24, 2.45) is 7.05 Å². The number of imide groups is 1. The van der Waals surface area contributed by atoms with Crippen molar-refractivity contribution in [1.82, 2.24) is 29.6 Å². The first kappa shape index (κ1) is 18.6. The summed E-state index contributed by atoms with van der Waals surface area (Å²) < 4.78 is 2.07. The summed E-state index contributed by atoms with van der Waals surface area (Å²) in [6.45, 7) is 4.55. The van der Waals surface area contributed by atoms with Gasteiger partial charge in [0, 0.05) is 58.7 Å². The largest absolute Gasteiger partial charge is 0.336 e. The van der Waals surface area contributed by atoms with Crippen LogP contribution in [0.3, 0.4) is 0 Å². The molecule has 8 nitrogen and oxygen atoms in total. The van der Waals surface area contributed by atoms with Crippen LogP contribution in [-0.2, 0) is 11.8 Å². The van der Waals surface area contributed by atoms with Crippen molar-refractivity contribution >= 4 is 11.9 Å². The van der Waals surface area contributed by atoms with Crippen LogP contribution in [-0.4, -0.2) is 82.0 Å². The summed E-state index contributed by atoms with van der Waals surface area (Å²) in [4.78, 5) is 34.5. The van der Waals surface area contributed by atoms with Gasteiger partial charge in [-0.15, -0.1) is 0 Å². The van der Waals surface area contributed by atoms with Gasteiger partial charge in [-0.05, 0) is 5.56 Å². The van der Waals surface area contributed by atoms with E-state index in [1.165, 1.54) is 10.5 Å². The molecule has 0 spiro atoms. The standard InChI is InChI=1S/C20H26N6O2/c1-23-9-7-21-19(23)18(16-5-3-2-4-6-16)25-13-11-24(12-14-25)15-17(27)26-10-8-22-20(26)28/h2-7,9,18H,8,10-15H2,1H3,(H,22,28). The Morgan fingerprint density at radius 2 is 1.89 bits per heavy atom. The molecule has 8 heteroatoms. The molecule has 0 saturated carbocycles. The predicted octanol–water partition coefficient (Wildman–Crippen LogP) is 0.679. The maximum Gasteiger partial charge on any atom is 0.324 e. The molecule has 2 saturated heterocycles. The normalized spacial score (nSPS) is 19.6. The van der Waals surface area contributed by atoms with Crippen molar-refractivity contribution in [2.45, 2.75) is 6.04 Å². The minimum Gasteiger partial charge on any atom is -0.336 e. The Kier molecular flexibility index (Phi) is 5.40. The topological polar surface area (TPSA) is 73.7 Å². The lowest BCUT2D eigenvalue weighted by Crippen LogP contribution is -2.51. The fraction of sp³-hybridized carbons (Fsp3) is 0.450. The average Bonchev–Trinajstić information content (AvgIpc) is 3.33. The van der Waals surface area contributed by atoms with Crippen molar-refractivity contribution in [3.05, 3.63) is 54.1 Å². The van der Waals surface area contributed by atoms with Gasteiger partial charge in [0.25, 0.3) is 0 Å². The molecule has 2 aliphatic rings. The number of amides is 3. The number of rotatable bonds is 5. The molecule has 0 radical (unpaired) electrons. The van der Waals surface area contributed by atoms with Gasteiger partial charge in [0.1, 0.15) is 5.82 Å². The van der Waals surface area contributed by atoms with Crippen LogP contribution in [0, 0.1) is 0 Å². The highest BCUT2D eigenvalue weighted by molar-refractivity contribution is 5.96. The molecule has 1 atom stereocenters. The Morgan fingerprint density at radius 3 is 2.50 bits per heavy atom. The quantitative estimate of drug-likeness (QED) is 0.823. The number of hydrogen-bond acceptors (Lipinski definition) is 5. The number of nitrogens with one attached hydrogen (secondary N) is 1. The second-order valence-electron chi connectivity index (χ2n) is 7.30. The number of urea groups is 1. The Bertz CT molecular complexity index is 828. The number of piperazine rings is 1. The molecule has 2 aliphatic heterocycles. The SMILES string of the molecule is Cn1ccnc1C(c1ccccc1)N1CCN(CC(=O)N2CCNC2=O)CC1. The second-order valence-corrected chi connectivity index (χ2v) is 7.30. The number of hydrogen-bond donors (Lipinski definition) is 1. The third-order valence-electron chi connectivity index (χ3n) is 5.51. The van der Waals surface area contributed by atoms with Crippen molar-refractivity contribution in [1.29, 1.82) is 0 Å². The van der Waals surface area contributed by atoms with Gasteiger partial charge in [0.15, 0.2) is 0 Å². The highest BCUT2D eigenvalue weighted by Crippen LogP contribution is 2.28. The molecule has 3 amide bonds. The third-order valence-corrected chi connectivity index (χ3v) is 5.51. The van der Waals surface area contributed by atoms with E-state index in [4.69, 9.17) is 0 Å². The summed E-state index contributed by atoms with van der Waals surface area (Å²) >= 11 is 0. The van der Waals surface area contributed by atoms with E-state index >= 15 is 0 Å². The maximum absolute atomic E-state index is 12.4. The van der Waals surface area contributed by atoms with Crippen LogP contribution >= 0.6 is 0 Å². The van der Waals surface area contributed by atoms with E-state index < -0.39 is 0 Å². The molecule has 4 rings (SSSR count). The lowest BCUT2D eigenvalue weighted by Gasteiger charge is -2.39. The zero-order valence-electron chi connectivity index (χ0n) is 16.1. The van der Waals surface area contributed by atoms with Gasteiger partial charge in [0.05, 0.1) is 12.6 Å². The van der Waals surface area contributed by atoms with E-state index in [1.54, 1.807) is 0 Å². The first-order chi connectivity index (χ1) is 13.6. The summed E-state index contributed by atoms with van der Waals surface area (Å²) in [6, 6.07) is 10.2. The van der Waals surface area contributed by atoms with Gasteiger partial charge in [-0.25, -0.2) is 9.78 Å². The first-order valence-electron chi connectivity index (χ1n) is 9.70. The molecule has 3 heterocycles. The molecule has 1 aromatic carbocycles. The Morgan fingerprint density at radius 1 is 1.14 bits per heavy atom. The lowest BCUT2D eigenvalue weighted by atomic mass is 10.0. The zero-order chi connectivity index (χ0) is 19.5. The fourth-order valence-corrected chi connectivity index (χ4v) is 3.97. The molecule has 1 N–H and O–H groups in total. The summed E-state index contributed by atoms with van der Waals surface area (Å²) in [5.41, 5.74) is 1.22. The number of carbonyl (C=O) groups excluding carboxylic acids is 2. The summed E-state index contributed by atoms with van der Waals surface area (Å²) in [5.74, 6) is 0.900. The van der Waals surface area contributed by atoms with Crippen LogP contribution in [0.25, 0.3) is 0 Å². The lowest BCUT2D eigenvalue weighted by molar-refractivity contribution is -0.129. The van der Waals surface area contributed by atoms with Gasteiger partial charge < -0.3 is 9.88 Å². The highest BCUT2D eigenvalue weighted by atomic mass is 16.2. The number of benzene rings is 1. The smallest absolute Gasteiger partial charge is 0.324 e. The third kappa shape index (κ3) is 3.79. The van der Waals surface area contributed by atoms with E-state index in [0.29, 0.717) is 19.6 Å². The molecular weight excluding hydrogens is 356 g/mol. The minimum absolute atomic E-state index is 0.0865. The molecule has 28 heavy (non-hydrogen) atoms. The molecule has 1 aromatic heterocycles. The van der Waals surface area contributed by atoms with Crippen LogP contribution < -0.4 is 5.32 Å². The molecular formula is C20H26N6O2. The van der Waals surface area contributed by atoms with Crippen LogP contribution in [0.1, 0.15) is 17.4 Å². The highest BCUT2D eigenvalue weighted by Gasteiger charge is 2.31. The Balaban J connectivity index is 1.43. The molecule has 0 bridgehead atoms. The van der Waals surface area contributed by atoms with E-state index in [1.807, 2.05) is 25.5 Å². The summed E-state index contributed by atoms with van der Waals surface area (Å²) in [6.07, 6.45) is 3.81. The second kappa shape index (κ2) is 8.12. The maximum atomic E-state index is 12.4. The number of aromatic nitrogens is 2. The summed E-state index contributed by atoms with van der Waals surface area (Å²) in [7, 11) is 2.02. The number of carbonyl (C=O) groups is 2. The van der Waals surface area contributed by atoms with Crippen LogP contribution in [0.4, 0.5) is 4.79 Å². The zero-order valence-corrected chi connectivity index (χ0v) is 16.1. The molecule has 148 valence electrons. The van der Waals surface area contributed by atoms with Crippen LogP contribution in [0.15, 0.2) is 42.7 Å². The van der Waals surface area contributed by atoms with E-state index in [0.717, 1.165) is 32.0 Å². The average molecular weight is 382 g/mol.